The van der Waals surface area contributed by atoms with E-state index in [1.807, 2.05) is 16.7 Å². The fourth-order valence-electron chi connectivity index (χ4n) is 1.67. The van der Waals surface area contributed by atoms with Gasteiger partial charge in [0.1, 0.15) is 5.82 Å². The first-order valence-electron chi connectivity index (χ1n) is 5.25. The average Bonchev–Trinajstić information content (AvgIpc) is 2.77. The molecule has 0 radical (unpaired) electrons. The van der Waals surface area contributed by atoms with Crippen molar-refractivity contribution in [3.05, 3.63) is 52.9 Å². The highest BCUT2D eigenvalue weighted by Gasteiger charge is 2.08. The number of imidazole rings is 1. The summed E-state index contributed by atoms with van der Waals surface area (Å²) in [6.07, 6.45) is 5.24. The second-order valence-electron chi connectivity index (χ2n) is 3.65. The number of nitrogens with zero attached hydrogens (tertiary/aromatic N) is 3. The molecule has 0 unspecified atom stereocenters. The Morgan fingerprint density at radius 3 is 2.61 bits per heavy atom. The lowest BCUT2D eigenvalue weighted by Crippen LogP contribution is -1.96. The van der Waals surface area contributed by atoms with Gasteiger partial charge in [-0.2, -0.15) is 0 Å². The maximum atomic E-state index is 6.11. The fraction of sp³-hybridized carbons (Fsp3) is 0. The maximum absolute atomic E-state index is 6.11. The molecule has 90 valence electrons. The summed E-state index contributed by atoms with van der Waals surface area (Å²) in [7, 11) is 0. The van der Waals surface area contributed by atoms with Crippen molar-refractivity contribution in [3.63, 3.8) is 0 Å². The van der Waals surface area contributed by atoms with Crippen molar-refractivity contribution in [2.75, 3.05) is 5.32 Å². The summed E-state index contributed by atoms with van der Waals surface area (Å²) in [4.78, 5) is 8.31. The van der Waals surface area contributed by atoms with Gasteiger partial charge in [0.2, 0.25) is 5.78 Å². The van der Waals surface area contributed by atoms with Crippen LogP contribution in [0.1, 0.15) is 0 Å². The Bertz CT molecular complexity index is 688. The van der Waals surface area contributed by atoms with Gasteiger partial charge < -0.3 is 5.32 Å². The molecule has 4 nitrogen and oxygen atoms in total. The van der Waals surface area contributed by atoms with Crippen molar-refractivity contribution in [1.82, 2.24) is 14.4 Å². The van der Waals surface area contributed by atoms with E-state index in [0.717, 1.165) is 5.82 Å². The van der Waals surface area contributed by atoms with Gasteiger partial charge in [0.05, 0.1) is 21.9 Å². The van der Waals surface area contributed by atoms with Crippen molar-refractivity contribution in [3.8, 4) is 0 Å². The van der Waals surface area contributed by atoms with Crippen molar-refractivity contribution in [2.45, 2.75) is 0 Å². The van der Waals surface area contributed by atoms with Gasteiger partial charge in [-0.1, -0.05) is 29.3 Å². The minimum absolute atomic E-state index is 0.557. The summed E-state index contributed by atoms with van der Waals surface area (Å²) in [6, 6.07) is 7.18. The third-order valence-electron chi connectivity index (χ3n) is 2.50. The summed E-state index contributed by atoms with van der Waals surface area (Å²) in [5.41, 5.74) is 0.659. The SMILES string of the molecule is Clc1cccc(Cl)c1Nc1cnc2ncccn12. The van der Waals surface area contributed by atoms with Gasteiger partial charge >= 0.3 is 0 Å². The molecule has 0 amide bonds. The van der Waals surface area contributed by atoms with Crippen LogP contribution in [0.2, 0.25) is 10.0 Å². The standard InChI is InChI=1S/C12H8Cl2N4/c13-8-3-1-4-9(14)11(8)17-10-7-16-12-15-5-2-6-18(10)12/h1-7,17H. The molecule has 0 saturated carbocycles. The first kappa shape index (κ1) is 11.3. The zero-order chi connectivity index (χ0) is 12.5. The van der Waals surface area contributed by atoms with Crippen LogP contribution in [0.25, 0.3) is 5.78 Å². The monoisotopic (exact) mass is 278 g/mol. The Balaban J connectivity index is 2.07. The number of benzene rings is 1. The molecule has 3 rings (SSSR count). The number of fused-ring (bicyclic) bond motifs is 1. The lowest BCUT2D eigenvalue weighted by molar-refractivity contribution is 1.11. The second-order valence-corrected chi connectivity index (χ2v) is 4.47. The molecule has 0 aliphatic carbocycles. The van der Waals surface area contributed by atoms with E-state index in [1.54, 1.807) is 30.6 Å². The van der Waals surface area contributed by atoms with Gasteiger partial charge in [-0.3, -0.25) is 4.40 Å². The molecule has 2 heterocycles. The number of aromatic nitrogens is 3. The molecule has 1 aromatic carbocycles. The van der Waals surface area contributed by atoms with Crippen LogP contribution in [0.15, 0.2) is 42.9 Å². The molecule has 1 N–H and O–H groups in total. The second kappa shape index (κ2) is 4.48. The van der Waals surface area contributed by atoms with Crippen molar-refractivity contribution >= 4 is 40.5 Å². The highest BCUT2D eigenvalue weighted by molar-refractivity contribution is 6.39. The average molecular weight is 279 g/mol. The fourth-order valence-corrected chi connectivity index (χ4v) is 2.16. The molecule has 18 heavy (non-hydrogen) atoms. The first-order chi connectivity index (χ1) is 8.75. The molecule has 0 spiro atoms. The van der Waals surface area contributed by atoms with Crippen LogP contribution < -0.4 is 5.32 Å². The number of hydrogen-bond donors (Lipinski definition) is 1. The topological polar surface area (TPSA) is 42.2 Å². The third kappa shape index (κ3) is 1.89. The minimum atomic E-state index is 0.557. The van der Waals surface area contributed by atoms with Gasteiger partial charge in [-0.25, -0.2) is 9.97 Å². The van der Waals surface area contributed by atoms with Crippen LogP contribution in [0, 0.1) is 0 Å². The Morgan fingerprint density at radius 2 is 1.83 bits per heavy atom. The molecule has 3 aromatic rings. The van der Waals surface area contributed by atoms with Crippen LogP contribution in [-0.4, -0.2) is 14.4 Å². The number of rotatable bonds is 2. The molecule has 0 atom stereocenters. The lowest BCUT2D eigenvalue weighted by atomic mass is 10.3. The van der Waals surface area contributed by atoms with Crippen LogP contribution in [0.3, 0.4) is 0 Å². The molecule has 0 bridgehead atoms. The van der Waals surface area contributed by atoms with Crippen LogP contribution >= 0.6 is 23.2 Å². The molecule has 0 aliphatic rings. The summed E-state index contributed by atoms with van der Waals surface area (Å²) in [5.74, 6) is 1.37. The molecular formula is C12H8Cl2N4. The van der Waals surface area contributed by atoms with Crippen molar-refractivity contribution < 1.29 is 0 Å². The largest absolute Gasteiger partial charge is 0.338 e. The van der Waals surface area contributed by atoms with Crippen LogP contribution in [-0.2, 0) is 0 Å². The Morgan fingerprint density at radius 1 is 1.06 bits per heavy atom. The van der Waals surface area contributed by atoms with E-state index in [2.05, 4.69) is 15.3 Å². The van der Waals surface area contributed by atoms with E-state index < -0.39 is 0 Å². The minimum Gasteiger partial charge on any atom is -0.338 e. The molecular weight excluding hydrogens is 271 g/mol. The number of anilines is 2. The van der Waals surface area contributed by atoms with E-state index in [9.17, 15) is 0 Å². The van der Waals surface area contributed by atoms with Crippen LogP contribution in [0.5, 0.6) is 0 Å². The van der Waals surface area contributed by atoms with Crippen LogP contribution in [0.4, 0.5) is 11.5 Å². The smallest absolute Gasteiger partial charge is 0.235 e. The molecule has 0 aliphatic heterocycles. The Hall–Kier alpha value is -1.78. The Labute approximate surface area is 113 Å². The zero-order valence-electron chi connectivity index (χ0n) is 9.14. The Kier molecular flexibility index (Phi) is 2.81. The lowest BCUT2D eigenvalue weighted by Gasteiger charge is -2.09. The summed E-state index contributed by atoms with van der Waals surface area (Å²) in [6.45, 7) is 0. The van der Waals surface area contributed by atoms with Gasteiger partial charge in [-0.15, -0.1) is 0 Å². The maximum Gasteiger partial charge on any atom is 0.235 e. The number of hydrogen-bond acceptors (Lipinski definition) is 3. The summed E-state index contributed by atoms with van der Waals surface area (Å²) in [5, 5.41) is 4.27. The van der Waals surface area contributed by atoms with Crippen molar-refractivity contribution in [1.29, 1.82) is 0 Å². The molecule has 0 fully saturated rings. The first-order valence-corrected chi connectivity index (χ1v) is 6.00. The zero-order valence-corrected chi connectivity index (χ0v) is 10.7. The summed E-state index contributed by atoms with van der Waals surface area (Å²) >= 11 is 12.2. The predicted molar refractivity (Wildman–Crippen MR) is 72.7 cm³/mol. The van der Waals surface area contributed by atoms with Gasteiger partial charge in [0, 0.05) is 12.4 Å². The quantitative estimate of drug-likeness (QED) is 0.776. The van der Waals surface area contributed by atoms with E-state index in [1.165, 1.54) is 0 Å². The molecule has 0 saturated heterocycles. The van der Waals surface area contributed by atoms with E-state index in [4.69, 9.17) is 23.2 Å². The third-order valence-corrected chi connectivity index (χ3v) is 3.13. The van der Waals surface area contributed by atoms with E-state index >= 15 is 0 Å². The number of nitrogens with one attached hydrogen (secondary N) is 1. The van der Waals surface area contributed by atoms with Gasteiger partial charge in [0.15, 0.2) is 0 Å². The van der Waals surface area contributed by atoms with E-state index in [-0.39, 0.29) is 0 Å². The number of para-hydroxylation sites is 1. The molecule has 6 heteroatoms. The molecule has 2 aromatic heterocycles. The highest BCUT2D eigenvalue weighted by Crippen LogP contribution is 2.32. The van der Waals surface area contributed by atoms with Gasteiger partial charge in [0.25, 0.3) is 0 Å². The number of halogens is 2. The summed E-state index contributed by atoms with van der Waals surface area (Å²) < 4.78 is 1.82. The normalized spacial score (nSPS) is 10.8. The highest BCUT2D eigenvalue weighted by atomic mass is 35.5. The van der Waals surface area contributed by atoms with E-state index in [0.29, 0.717) is 21.5 Å². The van der Waals surface area contributed by atoms with Gasteiger partial charge in [-0.05, 0) is 18.2 Å². The predicted octanol–water partition coefficient (Wildman–Crippen LogP) is 3.78. The van der Waals surface area contributed by atoms with Crippen molar-refractivity contribution in [2.24, 2.45) is 0 Å².